The first-order valence-electron chi connectivity index (χ1n) is 6.62. The van der Waals surface area contributed by atoms with Gasteiger partial charge in [-0.1, -0.05) is 29.3 Å². The normalized spacial score (nSPS) is 10.1. The molecule has 0 saturated carbocycles. The van der Waals surface area contributed by atoms with E-state index in [9.17, 15) is 4.79 Å². The van der Waals surface area contributed by atoms with Crippen molar-refractivity contribution >= 4 is 57.9 Å². The Labute approximate surface area is 149 Å². The number of hydrogen-bond donors (Lipinski definition) is 2. The Hall–Kier alpha value is -1.82. The lowest BCUT2D eigenvalue weighted by molar-refractivity contribution is 0.0601. The van der Waals surface area contributed by atoms with E-state index in [4.69, 9.17) is 40.2 Å². The van der Waals surface area contributed by atoms with Crippen molar-refractivity contribution in [3.05, 3.63) is 57.6 Å². The number of hydrogen-bond acceptors (Lipinski definition) is 3. The van der Waals surface area contributed by atoms with Gasteiger partial charge in [-0.3, -0.25) is 0 Å². The van der Waals surface area contributed by atoms with E-state index in [-0.39, 0.29) is 0 Å². The van der Waals surface area contributed by atoms with Gasteiger partial charge in [0, 0.05) is 21.4 Å². The van der Waals surface area contributed by atoms with E-state index >= 15 is 0 Å². The Morgan fingerprint density at radius 3 is 2.35 bits per heavy atom. The van der Waals surface area contributed by atoms with E-state index in [0.717, 1.165) is 5.56 Å². The van der Waals surface area contributed by atoms with E-state index < -0.39 is 5.97 Å². The molecule has 0 radical (unpaired) electrons. The molecule has 2 aromatic carbocycles. The van der Waals surface area contributed by atoms with Gasteiger partial charge in [-0.15, -0.1) is 0 Å². The number of anilines is 2. The third kappa shape index (κ3) is 4.82. The zero-order valence-electron chi connectivity index (χ0n) is 12.4. The maximum Gasteiger partial charge on any atom is 0.337 e. The van der Waals surface area contributed by atoms with Gasteiger partial charge >= 0.3 is 5.97 Å². The Bertz CT molecular complexity index is 745. The van der Waals surface area contributed by atoms with Crippen LogP contribution in [0.1, 0.15) is 15.9 Å². The summed E-state index contributed by atoms with van der Waals surface area (Å²) in [5, 5.41) is 7.41. The number of aryl methyl sites for hydroxylation is 1. The van der Waals surface area contributed by atoms with Crippen LogP contribution in [-0.4, -0.2) is 18.2 Å². The van der Waals surface area contributed by atoms with Gasteiger partial charge in [-0.2, -0.15) is 0 Å². The zero-order valence-corrected chi connectivity index (χ0v) is 14.8. The summed E-state index contributed by atoms with van der Waals surface area (Å²) >= 11 is 17.2. The summed E-state index contributed by atoms with van der Waals surface area (Å²) in [6.45, 7) is 1.91. The number of rotatable bonds is 3. The van der Waals surface area contributed by atoms with Crippen LogP contribution < -0.4 is 10.6 Å². The molecule has 2 rings (SSSR count). The minimum Gasteiger partial charge on any atom is -0.465 e. The smallest absolute Gasteiger partial charge is 0.337 e. The van der Waals surface area contributed by atoms with E-state index in [1.165, 1.54) is 7.11 Å². The quantitative estimate of drug-likeness (QED) is 0.596. The minimum atomic E-state index is -0.409. The number of carbonyl (C=O) groups excluding carboxylic acids is 1. The fourth-order valence-corrected chi connectivity index (χ4v) is 2.67. The lowest BCUT2D eigenvalue weighted by Crippen LogP contribution is -2.20. The first-order valence-corrected chi connectivity index (χ1v) is 7.78. The molecule has 120 valence electrons. The second kappa shape index (κ2) is 7.64. The number of carbonyl (C=O) groups is 1. The van der Waals surface area contributed by atoms with Crippen LogP contribution >= 0.6 is 35.4 Å². The fourth-order valence-electron chi connectivity index (χ4n) is 1.91. The van der Waals surface area contributed by atoms with Crippen molar-refractivity contribution in [2.24, 2.45) is 0 Å². The SMILES string of the molecule is COC(=O)c1ccc(C)c(NC(=S)Nc2cc(Cl)cc(Cl)c2)c1. The van der Waals surface area contributed by atoms with Crippen molar-refractivity contribution in [3.8, 4) is 0 Å². The average molecular weight is 369 g/mol. The van der Waals surface area contributed by atoms with Crippen LogP contribution in [0.5, 0.6) is 0 Å². The summed E-state index contributed by atoms with van der Waals surface area (Å²) in [5.41, 5.74) is 2.75. The molecule has 0 heterocycles. The molecule has 0 aromatic heterocycles. The fraction of sp³-hybridized carbons (Fsp3) is 0.125. The second-order valence-corrected chi connectivity index (χ2v) is 6.04. The molecule has 0 spiro atoms. The largest absolute Gasteiger partial charge is 0.465 e. The van der Waals surface area contributed by atoms with Gasteiger partial charge < -0.3 is 15.4 Å². The number of methoxy groups -OCH3 is 1. The summed E-state index contributed by atoms with van der Waals surface area (Å²) < 4.78 is 4.71. The number of nitrogens with one attached hydrogen (secondary N) is 2. The summed E-state index contributed by atoms with van der Waals surface area (Å²) in [5.74, 6) is -0.409. The molecular formula is C16H14Cl2N2O2S. The monoisotopic (exact) mass is 368 g/mol. The third-order valence-corrected chi connectivity index (χ3v) is 3.67. The Morgan fingerprint density at radius 2 is 1.74 bits per heavy atom. The Morgan fingerprint density at radius 1 is 1.09 bits per heavy atom. The molecule has 0 atom stereocenters. The van der Waals surface area contributed by atoms with E-state index in [1.54, 1.807) is 30.3 Å². The van der Waals surface area contributed by atoms with E-state index in [1.807, 2.05) is 13.0 Å². The highest BCUT2D eigenvalue weighted by Gasteiger charge is 2.09. The van der Waals surface area contributed by atoms with Gasteiger partial charge in [0.25, 0.3) is 0 Å². The zero-order chi connectivity index (χ0) is 17.0. The number of benzene rings is 2. The van der Waals surface area contributed by atoms with Gasteiger partial charge in [0.2, 0.25) is 0 Å². The number of thiocarbonyl (C=S) groups is 1. The van der Waals surface area contributed by atoms with Crippen molar-refractivity contribution in [1.82, 2.24) is 0 Å². The highest BCUT2D eigenvalue weighted by Crippen LogP contribution is 2.23. The lowest BCUT2D eigenvalue weighted by Gasteiger charge is -2.14. The number of esters is 1. The van der Waals surface area contributed by atoms with Gasteiger partial charge in [0.15, 0.2) is 5.11 Å². The average Bonchev–Trinajstić information content (AvgIpc) is 2.47. The molecule has 7 heteroatoms. The maximum atomic E-state index is 11.6. The molecule has 23 heavy (non-hydrogen) atoms. The molecular weight excluding hydrogens is 355 g/mol. The van der Waals surface area contributed by atoms with Gasteiger partial charge in [-0.05, 0) is 55.0 Å². The molecule has 0 unspecified atom stereocenters. The van der Waals surface area contributed by atoms with Crippen LogP contribution in [0.4, 0.5) is 11.4 Å². The Balaban J connectivity index is 2.15. The number of halogens is 2. The van der Waals surface area contributed by atoms with Crippen molar-refractivity contribution in [1.29, 1.82) is 0 Å². The number of ether oxygens (including phenoxy) is 1. The van der Waals surface area contributed by atoms with Crippen LogP contribution in [-0.2, 0) is 4.74 Å². The Kier molecular flexibility index (Phi) is 5.82. The van der Waals surface area contributed by atoms with Crippen LogP contribution in [0, 0.1) is 6.92 Å². The molecule has 0 aliphatic rings. The van der Waals surface area contributed by atoms with Crippen LogP contribution in [0.3, 0.4) is 0 Å². The first kappa shape index (κ1) is 17.5. The van der Waals surface area contributed by atoms with Crippen molar-refractivity contribution in [2.45, 2.75) is 6.92 Å². The van der Waals surface area contributed by atoms with Crippen molar-refractivity contribution in [2.75, 3.05) is 17.7 Å². The third-order valence-electron chi connectivity index (χ3n) is 3.03. The summed E-state index contributed by atoms with van der Waals surface area (Å²) in [6, 6.07) is 10.2. The second-order valence-electron chi connectivity index (χ2n) is 4.76. The molecule has 0 amide bonds. The van der Waals surface area contributed by atoms with E-state index in [2.05, 4.69) is 10.6 Å². The molecule has 4 nitrogen and oxygen atoms in total. The molecule has 2 aromatic rings. The van der Waals surface area contributed by atoms with Crippen LogP contribution in [0.2, 0.25) is 10.0 Å². The van der Waals surface area contributed by atoms with Gasteiger partial charge in [0.1, 0.15) is 0 Å². The van der Waals surface area contributed by atoms with Crippen LogP contribution in [0.25, 0.3) is 0 Å². The van der Waals surface area contributed by atoms with Gasteiger partial charge in [0.05, 0.1) is 12.7 Å². The minimum absolute atomic E-state index is 0.355. The molecule has 0 saturated heterocycles. The predicted octanol–water partition coefficient (Wildman–Crippen LogP) is 4.90. The first-order chi connectivity index (χ1) is 10.9. The summed E-state index contributed by atoms with van der Waals surface area (Å²) in [7, 11) is 1.34. The van der Waals surface area contributed by atoms with Crippen LogP contribution in [0.15, 0.2) is 36.4 Å². The molecule has 0 aliphatic carbocycles. The van der Waals surface area contributed by atoms with E-state index in [0.29, 0.717) is 32.1 Å². The van der Waals surface area contributed by atoms with Gasteiger partial charge in [-0.25, -0.2) is 4.79 Å². The molecule has 0 fully saturated rings. The van der Waals surface area contributed by atoms with Crippen molar-refractivity contribution in [3.63, 3.8) is 0 Å². The summed E-state index contributed by atoms with van der Waals surface area (Å²) in [4.78, 5) is 11.6. The predicted molar refractivity (Wildman–Crippen MR) is 98.8 cm³/mol. The standard InChI is InChI=1S/C16H14Cl2N2O2S/c1-9-3-4-10(15(21)22-2)5-14(9)20-16(23)19-13-7-11(17)6-12(18)8-13/h3-8H,1-2H3,(H2,19,20,23). The topological polar surface area (TPSA) is 50.4 Å². The molecule has 0 aliphatic heterocycles. The summed E-state index contributed by atoms with van der Waals surface area (Å²) in [6.07, 6.45) is 0. The molecule has 2 N–H and O–H groups in total. The highest BCUT2D eigenvalue weighted by molar-refractivity contribution is 7.80. The lowest BCUT2D eigenvalue weighted by atomic mass is 10.1. The maximum absolute atomic E-state index is 11.6. The highest BCUT2D eigenvalue weighted by atomic mass is 35.5. The molecule has 0 bridgehead atoms. The van der Waals surface area contributed by atoms with Crippen molar-refractivity contribution < 1.29 is 9.53 Å².